The van der Waals surface area contributed by atoms with Crippen LogP contribution < -0.4 is 4.74 Å². The number of rotatable bonds is 5. The minimum Gasteiger partial charge on any atom is -0.426 e. The molecule has 0 aliphatic carbocycles. The van der Waals surface area contributed by atoms with Gasteiger partial charge in [0.1, 0.15) is 5.75 Å². The van der Waals surface area contributed by atoms with Crippen LogP contribution in [0.5, 0.6) is 5.75 Å². The molecule has 0 radical (unpaired) electrons. The third-order valence-corrected chi connectivity index (χ3v) is 2.87. The summed E-state index contributed by atoms with van der Waals surface area (Å²) in [5.41, 5.74) is 1.25. The van der Waals surface area contributed by atoms with Gasteiger partial charge >= 0.3 is 5.97 Å². The van der Waals surface area contributed by atoms with Crippen molar-refractivity contribution in [2.24, 2.45) is 5.92 Å². The highest BCUT2D eigenvalue weighted by Gasteiger charge is 2.16. The SMILES string of the molecule is CCc1ccc(OC(=O)C(CC)CC)cc1. The molecule has 0 bridgehead atoms. The Hall–Kier alpha value is -1.31. The van der Waals surface area contributed by atoms with Crippen LogP contribution in [0.4, 0.5) is 0 Å². The number of carbonyl (C=O) groups excluding carboxylic acids is 1. The number of hydrogen-bond donors (Lipinski definition) is 0. The van der Waals surface area contributed by atoms with E-state index in [1.54, 1.807) is 0 Å². The van der Waals surface area contributed by atoms with Crippen molar-refractivity contribution in [3.05, 3.63) is 29.8 Å². The zero-order chi connectivity index (χ0) is 12.0. The van der Waals surface area contributed by atoms with Crippen LogP contribution in [-0.2, 0) is 11.2 Å². The van der Waals surface area contributed by atoms with E-state index in [0.29, 0.717) is 5.75 Å². The summed E-state index contributed by atoms with van der Waals surface area (Å²) >= 11 is 0. The topological polar surface area (TPSA) is 26.3 Å². The van der Waals surface area contributed by atoms with Gasteiger partial charge < -0.3 is 4.74 Å². The lowest BCUT2D eigenvalue weighted by Crippen LogP contribution is -2.19. The first-order chi connectivity index (χ1) is 7.71. The summed E-state index contributed by atoms with van der Waals surface area (Å²) in [6, 6.07) is 7.71. The molecule has 0 heterocycles. The molecule has 0 N–H and O–H groups in total. The van der Waals surface area contributed by atoms with Gasteiger partial charge in [-0.2, -0.15) is 0 Å². The molecule has 1 aromatic carbocycles. The molecule has 2 nitrogen and oxygen atoms in total. The number of aryl methyl sites for hydroxylation is 1. The first kappa shape index (κ1) is 12.8. The van der Waals surface area contributed by atoms with Crippen LogP contribution in [0.1, 0.15) is 39.2 Å². The second-order valence-corrected chi connectivity index (χ2v) is 3.93. The van der Waals surface area contributed by atoms with Crippen LogP contribution in [0.2, 0.25) is 0 Å². The van der Waals surface area contributed by atoms with Crippen LogP contribution in [0, 0.1) is 5.92 Å². The minimum absolute atomic E-state index is 0.0193. The molecule has 0 unspecified atom stereocenters. The fourth-order valence-corrected chi connectivity index (χ4v) is 1.61. The molecule has 0 saturated carbocycles. The molecule has 1 rings (SSSR count). The summed E-state index contributed by atoms with van der Waals surface area (Å²) in [7, 11) is 0. The summed E-state index contributed by atoms with van der Waals surface area (Å²) in [5, 5.41) is 0. The molecule has 0 saturated heterocycles. The molecule has 88 valence electrons. The van der Waals surface area contributed by atoms with Crippen LogP contribution in [-0.4, -0.2) is 5.97 Å². The molecular formula is C14H20O2. The predicted octanol–water partition coefficient (Wildman–Crippen LogP) is 3.59. The fraction of sp³-hybridized carbons (Fsp3) is 0.500. The summed E-state index contributed by atoms with van der Waals surface area (Å²) in [5.74, 6) is 0.550. The number of benzene rings is 1. The van der Waals surface area contributed by atoms with Crippen molar-refractivity contribution in [1.82, 2.24) is 0 Å². The molecule has 16 heavy (non-hydrogen) atoms. The van der Waals surface area contributed by atoms with E-state index in [1.807, 2.05) is 38.1 Å². The third-order valence-electron chi connectivity index (χ3n) is 2.87. The van der Waals surface area contributed by atoms with Crippen LogP contribution in [0.3, 0.4) is 0 Å². The molecule has 0 spiro atoms. The van der Waals surface area contributed by atoms with Gasteiger partial charge in [-0.15, -0.1) is 0 Å². The maximum absolute atomic E-state index is 11.7. The van der Waals surface area contributed by atoms with Crippen LogP contribution in [0.15, 0.2) is 24.3 Å². The first-order valence-electron chi connectivity index (χ1n) is 6.01. The normalized spacial score (nSPS) is 10.5. The Bertz CT molecular complexity index is 323. The minimum atomic E-state index is -0.116. The largest absolute Gasteiger partial charge is 0.426 e. The second kappa shape index (κ2) is 6.31. The molecule has 0 amide bonds. The van der Waals surface area contributed by atoms with E-state index in [4.69, 9.17) is 4.74 Å². The lowest BCUT2D eigenvalue weighted by atomic mass is 10.0. The summed E-state index contributed by atoms with van der Waals surface area (Å²) in [4.78, 5) is 11.7. The Labute approximate surface area is 97.6 Å². The molecule has 0 fully saturated rings. The van der Waals surface area contributed by atoms with Gasteiger partial charge in [0.15, 0.2) is 0 Å². The maximum Gasteiger partial charge on any atom is 0.314 e. The highest BCUT2D eigenvalue weighted by atomic mass is 16.5. The molecule has 0 atom stereocenters. The van der Waals surface area contributed by atoms with Crippen molar-refractivity contribution in [2.45, 2.75) is 40.0 Å². The Morgan fingerprint density at radius 3 is 2.12 bits per heavy atom. The van der Waals surface area contributed by atoms with Crippen molar-refractivity contribution >= 4 is 5.97 Å². The smallest absolute Gasteiger partial charge is 0.314 e. The van der Waals surface area contributed by atoms with Gasteiger partial charge in [0.05, 0.1) is 5.92 Å². The molecule has 1 aromatic rings. The van der Waals surface area contributed by atoms with Crippen molar-refractivity contribution in [3.63, 3.8) is 0 Å². The highest BCUT2D eigenvalue weighted by molar-refractivity contribution is 5.74. The van der Waals surface area contributed by atoms with Crippen molar-refractivity contribution in [1.29, 1.82) is 0 Å². The van der Waals surface area contributed by atoms with E-state index in [1.165, 1.54) is 5.56 Å². The zero-order valence-corrected chi connectivity index (χ0v) is 10.3. The van der Waals surface area contributed by atoms with Crippen molar-refractivity contribution < 1.29 is 9.53 Å². The van der Waals surface area contributed by atoms with Crippen LogP contribution >= 0.6 is 0 Å². The van der Waals surface area contributed by atoms with Gasteiger partial charge in [-0.25, -0.2) is 0 Å². The highest BCUT2D eigenvalue weighted by Crippen LogP contribution is 2.16. The molecule has 0 aromatic heterocycles. The van der Waals surface area contributed by atoms with Gasteiger partial charge in [0.25, 0.3) is 0 Å². The van der Waals surface area contributed by atoms with E-state index in [2.05, 4.69) is 6.92 Å². The number of hydrogen-bond acceptors (Lipinski definition) is 2. The number of carbonyl (C=O) groups is 1. The Morgan fingerprint density at radius 1 is 1.12 bits per heavy atom. The maximum atomic E-state index is 11.7. The quantitative estimate of drug-likeness (QED) is 0.560. The molecule has 0 aliphatic rings. The van der Waals surface area contributed by atoms with Crippen LogP contribution in [0.25, 0.3) is 0 Å². The summed E-state index contributed by atoms with van der Waals surface area (Å²) in [6.07, 6.45) is 2.67. The van der Waals surface area contributed by atoms with E-state index < -0.39 is 0 Å². The number of esters is 1. The van der Waals surface area contributed by atoms with Gasteiger partial charge in [-0.05, 0) is 37.0 Å². The molecule has 0 aliphatic heterocycles. The summed E-state index contributed by atoms with van der Waals surface area (Å²) < 4.78 is 5.32. The fourth-order valence-electron chi connectivity index (χ4n) is 1.61. The Morgan fingerprint density at radius 2 is 1.69 bits per heavy atom. The van der Waals surface area contributed by atoms with E-state index in [9.17, 15) is 4.79 Å². The van der Waals surface area contributed by atoms with E-state index >= 15 is 0 Å². The van der Waals surface area contributed by atoms with Crippen molar-refractivity contribution in [2.75, 3.05) is 0 Å². The van der Waals surface area contributed by atoms with Crippen molar-refractivity contribution in [3.8, 4) is 5.75 Å². The monoisotopic (exact) mass is 220 g/mol. The average molecular weight is 220 g/mol. The van der Waals surface area contributed by atoms with E-state index in [-0.39, 0.29) is 11.9 Å². The summed E-state index contributed by atoms with van der Waals surface area (Å²) in [6.45, 7) is 6.12. The zero-order valence-electron chi connectivity index (χ0n) is 10.3. The Balaban J connectivity index is 2.62. The van der Waals surface area contributed by atoms with Gasteiger partial charge in [-0.3, -0.25) is 4.79 Å². The van der Waals surface area contributed by atoms with Gasteiger partial charge in [-0.1, -0.05) is 32.9 Å². The Kier molecular flexibility index (Phi) is 5.03. The van der Waals surface area contributed by atoms with Gasteiger partial charge in [0, 0.05) is 0 Å². The second-order valence-electron chi connectivity index (χ2n) is 3.93. The molecule has 2 heteroatoms. The lowest BCUT2D eigenvalue weighted by molar-refractivity contribution is -0.139. The molecular weight excluding hydrogens is 200 g/mol. The predicted molar refractivity (Wildman–Crippen MR) is 65.5 cm³/mol. The standard InChI is InChI=1S/C14H20O2/c1-4-11-7-9-13(10-8-11)16-14(15)12(5-2)6-3/h7-10,12H,4-6H2,1-3H3. The first-order valence-corrected chi connectivity index (χ1v) is 6.01. The lowest BCUT2D eigenvalue weighted by Gasteiger charge is -2.11. The average Bonchev–Trinajstić information content (AvgIpc) is 2.31. The van der Waals surface area contributed by atoms with Gasteiger partial charge in [0.2, 0.25) is 0 Å². The van der Waals surface area contributed by atoms with E-state index in [0.717, 1.165) is 19.3 Å². The number of ether oxygens (including phenoxy) is 1. The third kappa shape index (κ3) is 3.37.